The van der Waals surface area contributed by atoms with Crippen LogP contribution in [0.1, 0.15) is 17.3 Å². The van der Waals surface area contributed by atoms with Gasteiger partial charge in [-0.25, -0.2) is 0 Å². The zero-order chi connectivity index (χ0) is 13.8. The van der Waals surface area contributed by atoms with E-state index in [1.54, 1.807) is 18.3 Å². The number of hydrogen-bond donors (Lipinski definition) is 3. The van der Waals surface area contributed by atoms with Crippen LogP contribution >= 0.6 is 11.8 Å². The van der Waals surface area contributed by atoms with Crippen LogP contribution in [0.3, 0.4) is 0 Å². The fourth-order valence-electron chi connectivity index (χ4n) is 1.90. The van der Waals surface area contributed by atoms with Gasteiger partial charge in [0.25, 0.3) is 5.91 Å². The number of nitrogens with zero attached hydrogens (tertiary/aromatic N) is 1. The van der Waals surface area contributed by atoms with Crippen LogP contribution in [-0.2, 0) is 0 Å². The van der Waals surface area contributed by atoms with E-state index in [4.69, 9.17) is 0 Å². The van der Waals surface area contributed by atoms with Crippen LogP contribution in [0.4, 0.5) is 0 Å². The van der Waals surface area contributed by atoms with Gasteiger partial charge in [0, 0.05) is 22.2 Å². The van der Waals surface area contributed by atoms with E-state index in [0.29, 0.717) is 5.56 Å². The molecule has 1 amide bonds. The molecular weight excluding hydrogens is 262 g/mol. The van der Waals surface area contributed by atoms with E-state index < -0.39 is 0 Å². The van der Waals surface area contributed by atoms with E-state index in [0.717, 1.165) is 10.9 Å². The van der Waals surface area contributed by atoms with Crippen LogP contribution in [0, 0.1) is 0 Å². The van der Waals surface area contributed by atoms with E-state index in [1.807, 2.05) is 19.2 Å². The van der Waals surface area contributed by atoms with Gasteiger partial charge in [-0.1, -0.05) is 6.07 Å². The van der Waals surface area contributed by atoms with Gasteiger partial charge in [-0.2, -0.15) is 16.9 Å². The number of H-pyrrole nitrogens is 1. The monoisotopic (exact) mass is 279 g/mol. The summed E-state index contributed by atoms with van der Waals surface area (Å²) in [6.45, 7) is 1.94. The zero-order valence-electron chi connectivity index (χ0n) is 10.9. The second kappa shape index (κ2) is 6.08. The quantitative estimate of drug-likeness (QED) is 0.773. The van der Waals surface area contributed by atoms with Gasteiger partial charge in [0.1, 0.15) is 0 Å². The molecule has 5 nitrogen and oxygen atoms in total. The van der Waals surface area contributed by atoms with Gasteiger partial charge in [0.05, 0.1) is 18.3 Å². The molecule has 0 aliphatic rings. The van der Waals surface area contributed by atoms with Crippen LogP contribution in [0.5, 0.6) is 0 Å². The minimum Gasteiger partial charge on any atom is -0.395 e. The third-order valence-corrected chi connectivity index (χ3v) is 4.27. The standard InChI is InChI=1S/C13H17N3O2S/c1-8(12(7-17)19-2)15-13(18)9-3-4-10-6-14-16-11(10)5-9/h3-6,8,12,17H,7H2,1-2H3,(H,14,16)(H,15,18). The first-order chi connectivity index (χ1) is 9.15. The van der Waals surface area contributed by atoms with E-state index >= 15 is 0 Å². The molecule has 0 saturated heterocycles. The van der Waals surface area contributed by atoms with Crippen LogP contribution in [0.2, 0.25) is 0 Å². The van der Waals surface area contributed by atoms with E-state index in [-0.39, 0.29) is 23.8 Å². The van der Waals surface area contributed by atoms with Crippen molar-refractivity contribution < 1.29 is 9.90 Å². The van der Waals surface area contributed by atoms with Crippen molar-refractivity contribution in [1.29, 1.82) is 0 Å². The van der Waals surface area contributed by atoms with Gasteiger partial charge >= 0.3 is 0 Å². The fraction of sp³-hybridized carbons (Fsp3) is 0.385. The molecule has 1 aromatic carbocycles. The van der Waals surface area contributed by atoms with Crippen molar-refractivity contribution in [2.75, 3.05) is 12.9 Å². The van der Waals surface area contributed by atoms with Gasteiger partial charge in [-0.05, 0) is 25.3 Å². The third kappa shape index (κ3) is 3.08. The van der Waals surface area contributed by atoms with Crippen LogP contribution < -0.4 is 5.32 Å². The first kappa shape index (κ1) is 13.9. The summed E-state index contributed by atoms with van der Waals surface area (Å²) in [5, 5.41) is 19.8. The Hall–Kier alpha value is -1.53. The Morgan fingerprint density at radius 1 is 1.58 bits per heavy atom. The maximum atomic E-state index is 12.1. The molecule has 2 atom stereocenters. The predicted octanol–water partition coefficient (Wildman–Crippen LogP) is 1.41. The highest BCUT2D eigenvalue weighted by molar-refractivity contribution is 7.99. The summed E-state index contributed by atoms with van der Waals surface area (Å²) in [5.41, 5.74) is 1.42. The van der Waals surface area contributed by atoms with Crippen molar-refractivity contribution in [2.24, 2.45) is 0 Å². The Bertz CT molecular complexity index is 566. The molecule has 19 heavy (non-hydrogen) atoms. The molecule has 0 aliphatic heterocycles. The lowest BCUT2D eigenvalue weighted by Crippen LogP contribution is -2.41. The topological polar surface area (TPSA) is 78.0 Å². The first-order valence-corrected chi connectivity index (χ1v) is 7.32. The van der Waals surface area contributed by atoms with E-state index in [9.17, 15) is 9.90 Å². The Labute approximate surface area is 115 Å². The summed E-state index contributed by atoms with van der Waals surface area (Å²) in [6, 6.07) is 5.31. The fourth-order valence-corrected chi connectivity index (χ4v) is 2.52. The van der Waals surface area contributed by atoms with Crippen molar-refractivity contribution in [3.8, 4) is 0 Å². The number of aromatic amines is 1. The molecule has 0 spiro atoms. The first-order valence-electron chi connectivity index (χ1n) is 6.03. The number of carbonyl (C=O) groups excluding carboxylic acids is 1. The minimum atomic E-state index is -0.142. The molecule has 0 bridgehead atoms. The van der Waals surface area contributed by atoms with Crippen molar-refractivity contribution in [1.82, 2.24) is 15.5 Å². The van der Waals surface area contributed by atoms with Crippen LogP contribution in [0.25, 0.3) is 10.9 Å². The number of thioether (sulfide) groups is 1. The van der Waals surface area contributed by atoms with Gasteiger partial charge in [0.15, 0.2) is 0 Å². The van der Waals surface area contributed by atoms with E-state index in [2.05, 4.69) is 15.5 Å². The summed E-state index contributed by atoms with van der Waals surface area (Å²) in [6.07, 6.45) is 3.63. The number of fused-ring (bicyclic) bond motifs is 1. The highest BCUT2D eigenvalue weighted by Crippen LogP contribution is 2.14. The second-order valence-electron chi connectivity index (χ2n) is 4.39. The average molecular weight is 279 g/mol. The Morgan fingerprint density at radius 3 is 3.05 bits per heavy atom. The zero-order valence-corrected chi connectivity index (χ0v) is 11.7. The summed E-state index contributed by atoms with van der Waals surface area (Å²) in [7, 11) is 0. The number of amides is 1. The second-order valence-corrected chi connectivity index (χ2v) is 5.47. The normalized spacial score (nSPS) is 14.3. The Balaban J connectivity index is 2.10. The molecule has 0 saturated carbocycles. The molecule has 102 valence electrons. The number of carbonyl (C=O) groups is 1. The SMILES string of the molecule is CSC(CO)C(C)NC(=O)c1ccc2cn[nH]c2c1. The Morgan fingerprint density at radius 2 is 2.37 bits per heavy atom. The van der Waals surface area contributed by atoms with Crippen molar-refractivity contribution in [2.45, 2.75) is 18.2 Å². The molecule has 2 rings (SSSR count). The number of aliphatic hydroxyl groups excluding tert-OH is 1. The summed E-state index contributed by atoms with van der Waals surface area (Å²) in [5.74, 6) is -0.142. The summed E-state index contributed by atoms with van der Waals surface area (Å²) < 4.78 is 0. The lowest BCUT2D eigenvalue weighted by Gasteiger charge is -2.21. The van der Waals surface area contributed by atoms with E-state index in [1.165, 1.54) is 11.8 Å². The molecule has 0 radical (unpaired) electrons. The highest BCUT2D eigenvalue weighted by atomic mass is 32.2. The number of hydrogen-bond acceptors (Lipinski definition) is 4. The predicted molar refractivity (Wildman–Crippen MR) is 77.4 cm³/mol. The molecule has 2 aromatic rings. The Kier molecular flexibility index (Phi) is 4.44. The number of rotatable bonds is 5. The molecule has 1 heterocycles. The van der Waals surface area contributed by atoms with Crippen LogP contribution in [-0.4, -0.2) is 45.4 Å². The van der Waals surface area contributed by atoms with Gasteiger partial charge in [-0.3, -0.25) is 9.89 Å². The molecule has 6 heteroatoms. The van der Waals surface area contributed by atoms with Crippen molar-refractivity contribution >= 4 is 28.6 Å². The van der Waals surface area contributed by atoms with Gasteiger partial charge < -0.3 is 10.4 Å². The third-order valence-electron chi connectivity index (χ3n) is 3.10. The molecule has 1 aromatic heterocycles. The number of nitrogens with one attached hydrogen (secondary N) is 2. The maximum absolute atomic E-state index is 12.1. The molecule has 0 aliphatic carbocycles. The lowest BCUT2D eigenvalue weighted by atomic mass is 10.1. The summed E-state index contributed by atoms with van der Waals surface area (Å²) in [4.78, 5) is 12.1. The molecule has 3 N–H and O–H groups in total. The average Bonchev–Trinajstić information content (AvgIpc) is 2.87. The van der Waals surface area contributed by atoms with Crippen molar-refractivity contribution in [3.05, 3.63) is 30.0 Å². The van der Waals surface area contributed by atoms with Crippen molar-refractivity contribution in [3.63, 3.8) is 0 Å². The number of aromatic nitrogens is 2. The smallest absolute Gasteiger partial charge is 0.251 e. The minimum absolute atomic E-state index is 0.000152. The lowest BCUT2D eigenvalue weighted by molar-refractivity contribution is 0.0936. The highest BCUT2D eigenvalue weighted by Gasteiger charge is 2.18. The maximum Gasteiger partial charge on any atom is 0.251 e. The number of benzene rings is 1. The molecule has 2 unspecified atom stereocenters. The van der Waals surface area contributed by atoms with Crippen LogP contribution in [0.15, 0.2) is 24.4 Å². The molecular formula is C13H17N3O2S. The number of aliphatic hydroxyl groups is 1. The van der Waals surface area contributed by atoms with Gasteiger partial charge in [-0.15, -0.1) is 0 Å². The van der Waals surface area contributed by atoms with Gasteiger partial charge in [0.2, 0.25) is 0 Å². The molecule has 0 fully saturated rings. The largest absolute Gasteiger partial charge is 0.395 e. The summed E-state index contributed by atoms with van der Waals surface area (Å²) >= 11 is 1.54.